The van der Waals surface area contributed by atoms with Crippen LogP contribution in [-0.2, 0) is 33.2 Å². The van der Waals surface area contributed by atoms with E-state index in [9.17, 15) is 4.79 Å². The van der Waals surface area contributed by atoms with Crippen LogP contribution < -0.4 is 5.32 Å². The van der Waals surface area contributed by atoms with Crippen molar-refractivity contribution in [1.29, 1.82) is 0 Å². The molecule has 23 heavy (non-hydrogen) atoms. The molecule has 0 saturated carbocycles. The number of ether oxygens (including phenoxy) is 6. The SMILES string of the molecule is COCCOCCOCCNC(=O)CCOCCOCCOC. The van der Waals surface area contributed by atoms with E-state index in [1.54, 1.807) is 14.2 Å². The van der Waals surface area contributed by atoms with E-state index in [0.717, 1.165) is 0 Å². The van der Waals surface area contributed by atoms with Crippen LogP contribution >= 0.6 is 0 Å². The molecule has 8 nitrogen and oxygen atoms in total. The van der Waals surface area contributed by atoms with Crippen molar-refractivity contribution in [3.63, 3.8) is 0 Å². The molecule has 0 aromatic heterocycles. The van der Waals surface area contributed by atoms with E-state index < -0.39 is 0 Å². The molecule has 0 atom stereocenters. The minimum absolute atomic E-state index is 0.0507. The molecule has 0 radical (unpaired) electrons. The van der Waals surface area contributed by atoms with E-state index in [1.807, 2.05) is 0 Å². The van der Waals surface area contributed by atoms with Gasteiger partial charge in [0.1, 0.15) is 0 Å². The lowest BCUT2D eigenvalue weighted by Gasteiger charge is -2.08. The highest BCUT2D eigenvalue weighted by Gasteiger charge is 2.00. The number of amides is 1. The normalized spacial score (nSPS) is 10.9. The maximum Gasteiger partial charge on any atom is 0.222 e. The van der Waals surface area contributed by atoms with Gasteiger partial charge in [-0.2, -0.15) is 0 Å². The molecular formula is C15H31NO7. The third kappa shape index (κ3) is 19.2. The minimum atomic E-state index is -0.0507. The Bertz CT molecular complexity index is 254. The second kappa shape index (κ2) is 19.3. The van der Waals surface area contributed by atoms with Gasteiger partial charge in [-0.15, -0.1) is 0 Å². The van der Waals surface area contributed by atoms with Gasteiger partial charge in [0.05, 0.1) is 66.1 Å². The zero-order chi connectivity index (χ0) is 17.0. The Balaban J connectivity index is 3.13. The summed E-state index contributed by atoms with van der Waals surface area (Å²) < 4.78 is 30.8. The molecule has 0 spiro atoms. The first kappa shape index (κ1) is 22.2. The number of rotatable bonds is 18. The molecular weight excluding hydrogens is 306 g/mol. The number of nitrogens with one attached hydrogen (secondary N) is 1. The predicted octanol–water partition coefficient (Wildman–Crippen LogP) is -0.148. The van der Waals surface area contributed by atoms with E-state index in [2.05, 4.69) is 5.32 Å². The van der Waals surface area contributed by atoms with Gasteiger partial charge in [-0.25, -0.2) is 0 Å². The largest absolute Gasteiger partial charge is 0.382 e. The van der Waals surface area contributed by atoms with E-state index in [-0.39, 0.29) is 5.91 Å². The lowest BCUT2D eigenvalue weighted by molar-refractivity contribution is -0.122. The molecule has 0 rings (SSSR count). The maximum absolute atomic E-state index is 11.5. The van der Waals surface area contributed by atoms with Crippen molar-refractivity contribution in [2.24, 2.45) is 0 Å². The van der Waals surface area contributed by atoms with E-state index in [0.29, 0.717) is 79.0 Å². The fourth-order valence-electron chi connectivity index (χ4n) is 1.44. The maximum atomic E-state index is 11.5. The molecule has 0 heterocycles. The van der Waals surface area contributed by atoms with Crippen LogP contribution in [0.15, 0.2) is 0 Å². The predicted molar refractivity (Wildman–Crippen MR) is 84.7 cm³/mol. The van der Waals surface area contributed by atoms with Gasteiger partial charge in [-0.1, -0.05) is 0 Å². The molecule has 0 fully saturated rings. The van der Waals surface area contributed by atoms with Crippen LogP contribution in [0, 0.1) is 0 Å². The lowest BCUT2D eigenvalue weighted by Crippen LogP contribution is -2.28. The first-order valence-electron chi connectivity index (χ1n) is 7.86. The number of carbonyl (C=O) groups is 1. The van der Waals surface area contributed by atoms with Crippen LogP contribution in [0.2, 0.25) is 0 Å². The first-order valence-corrected chi connectivity index (χ1v) is 7.86. The van der Waals surface area contributed by atoms with Gasteiger partial charge in [0.15, 0.2) is 0 Å². The number of hydrogen-bond acceptors (Lipinski definition) is 7. The van der Waals surface area contributed by atoms with Gasteiger partial charge < -0.3 is 33.7 Å². The van der Waals surface area contributed by atoms with Gasteiger partial charge in [-0.3, -0.25) is 4.79 Å². The molecule has 0 aliphatic carbocycles. The average molecular weight is 337 g/mol. The minimum Gasteiger partial charge on any atom is -0.382 e. The molecule has 0 bridgehead atoms. The highest BCUT2D eigenvalue weighted by Crippen LogP contribution is 1.85. The highest BCUT2D eigenvalue weighted by molar-refractivity contribution is 5.75. The van der Waals surface area contributed by atoms with Crippen molar-refractivity contribution in [2.75, 3.05) is 86.8 Å². The second-order valence-corrected chi connectivity index (χ2v) is 4.54. The summed E-state index contributed by atoms with van der Waals surface area (Å²) in [6.45, 7) is 5.61. The van der Waals surface area contributed by atoms with Crippen molar-refractivity contribution in [2.45, 2.75) is 6.42 Å². The number of carbonyl (C=O) groups excluding carboxylic acids is 1. The number of hydrogen-bond donors (Lipinski definition) is 1. The topological polar surface area (TPSA) is 84.5 Å². The zero-order valence-electron chi connectivity index (χ0n) is 14.3. The summed E-state index contributed by atoms with van der Waals surface area (Å²) in [5.74, 6) is -0.0507. The molecule has 8 heteroatoms. The summed E-state index contributed by atoms with van der Waals surface area (Å²) in [7, 11) is 3.25. The molecule has 1 N–H and O–H groups in total. The third-order valence-corrected chi connectivity index (χ3v) is 2.65. The van der Waals surface area contributed by atoms with E-state index in [4.69, 9.17) is 28.4 Å². The first-order chi connectivity index (χ1) is 11.3. The molecule has 0 saturated heterocycles. The van der Waals surface area contributed by atoms with Crippen molar-refractivity contribution < 1.29 is 33.2 Å². The summed E-state index contributed by atoms with van der Waals surface area (Å²) in [6.07, 6.45) is 0.332. The molecule has 0 aromatic carbocycles. The van der Waals surface area contributed by atoms with Crippen LogP contribution in [0.3, 0.4) is 0 Å². The smallest absolute Gasteiger partial charge is 0.222 e. The molecule has 0 aliphatic heterocycles. The van der Waals surface area contributed by atoms with E-state index in [1.165, 1.54) is 0 Å². The molecule has 138 valence electrons. The van der Waals surface area contributed by atoms with E-state index >= 15 is 0 Å². The monoisotopic (exact) mass is 337 g/mol. The Kier molecular flexibility index (Phi) is 18.6. The Morgan fingerprint density at radius 2 is 1.09 bits per heavy atom. The van der Waals surface area contributed by atoms with Gasteiger partial charge in [-0.05, 0) is 0 Å². The van der Waals surface area contributed by atoms with Crippen molar-refractivity contribution in [3.8, 4) is 0 Å². The highest BCUT2D eigenvalue weighted by atomic mass is 16.5. The van der Waals surface area contributed by atoms with Crippen LogP contribution in [0.25, 0.3) is 0 Å². The summed E-state index contributed by atoms with van der Waals surface area (Å²) in [5, 5.41) is 2.76. The van der Waals surface area contributed by atoms with Gasteiger partial charge in [0.25, 0.3) is 0 Å². The quantitative estimate of drug-likeness (QED) is 0.348. The Hall–Kier alpha value is -0.770. The van der Waals surface area contributed by atoms with Crippen molar-refractivity contribution in [3.05, 3.63) is 0 Å². The standard InChI is InChI=1S/C15H31NO7/c1-18-7-9-22-13-11-20-5-3-15(17)16-4-6-21-12-14-23-10-8-19-2/h3-14H2,1-2H3,(H,16,17). The lowest BCUT2D eigenvalue weighted by atomic mass is 10.4. The summed E-state index contributed by atoms with van der Waals surface area (Å²) in [6, 6.07) is 0. The Labute approximate surface area is 138 Å². The third-order valence-electron chi connectivity index (χ3n) is 2.65. The summed E-state index contributed by atoms with van der Waals surface area (Å²) in [4.78, 5) is 11.5. The zero-order valence-corrected chi connectivity index (χ0v) is 14.3. The van der Waals surface area contributed by atoms with Crippen molar-refractivity contribution in [1.82, 2.24) is 5.32 Å². The molecule has 1 amide bonds. The van der Waals surface area contributed by atoms with Crippen LogP contribution in [0.5, 0.6) is 0 Å². The molecule has 0 aliphatic rings. The Morgan fingerprint density at radius 1 is 0.652 bits per heavy atom. The number of methoxy groups -OCH3 is 2. The van der Waals surface area contributed by atoms with Crippen LogP contribution in [0.4, 0.5) is 0 Å². The fourth-order valence-corrected chi connectivity index (χ4v) is 1.44. The van der Waals surface area contributed by atoms with Gasteiger partial charge in [0.2, 0.25) is 5.91 Å². The van der Waals surface area contributed by atoms with Gasteiger partial charge in [0, 0.05) is 27.2 Å². The fraction of sp³-hybridized carbons (Fsp3) is 0.933. The molecule has 0 aromatic rings. The Morgan fingerprint density at radius 3 is 1.61 bits per heavy atom. The summed E-state index contributed by atoms with van der Waals surface area (Å²) in [5.41, 5.74) is 0. The average Bonchev–Trinajstić information content (AvgIpc) is 2.56. The van der Waals surface area contributed by atoms with Gasteiger partial charge >= 0.3 is 0 Å². The molecule has 0 unspecified atom stereocenters. The van der Waals surface area contributed by atoms with Crippen LogP contribution in [0.1, 0.15) is 6.42 Å². The second-order valence-electron chi connectivity index (χ2n) is 4.54. The summed E-state index contributed by atoms with van der Waals surface area (Å²) >= 11 is 0. The van der Waals surface area contributed by atoms with Crippen LogP contribution in [-0.4, -0.2) is 92.7 Å². The van der Waals surface area contributed by atoms with Crippen molar-refractivity contribution >= 4 is 5.91 Å².